The van der Waals surface area contributed by atoms with Crippen molar-refractivity contribution in [2.24, 2.45) is 5.92 Å². The molecule has 0 aromatic carbocycles. The van der Waals surface area contributed by atoms with Crippen LogP contribution in [0.15, 0.2) is 12.1 Å². The molecule has 3 unspecified atom stereocenters. The highest BCUT2D eigenvalue weighted by Crippen LogP contribution is 2.33. The van der Waals surface area contributed by atoms with Gasteiger partial charge in [0.25, 0.3) is 0 Å². The molecule has 0 aliphatic carbocycles. The first kappa shape index (κ1) is 10.8. The standard InChI is InChI=1S/C13H19N3O/c1-8-3-4-9(2)16(8)15-13(17)11-7-10-5-6-12(11)14-10/h3-4,10-12,14H,5-7H2,1-2H3,(H,15,17). The van der Waals surface area contributed by atoms with Crippen LogP contribution in [0, 0.1) is 19.8 Å². The van der Waals surface area contributed by atoms with Gasteiger partial charge in [-0.3, -0.25) is 14.9 Å². The number of nitrogens with zero attached hydrogens (tertiary/aromatic N) is 1. The van der Waals surface area contributed by atoms with Crippen molar-refractivity contribution >= 4 is 5.91 Å². The van der Waals surface area contributed by atoms with Crippen molar-refractivity contribution in [2.75, 3.05) is 5.43 Å². The van der Waals surface area contributed by atoms with E-state index in [0.29, 0.717) is 12.1 Å². The molecule has 4 nitrogen and oxygen atoms in total. The van der Waals surface area contributed by atoms with Crippen LogP contribution in [0.25, 0.3) is 0 Å². The summed E-state index contributed by atoms with van der Waals surface area (Å²) in [5.41, 5.74) is 5.17. The SMILES string of the molecule is Cc1ccc(C)n1NC(=O)C1CC2CCC1N2. The van der Waals surface area contributed by atoms with E-state index < -0.39 is 0 Å². The van der Waals surface area contributed by atoms with Crippen LogP contribution in [0.3, 0.4) is 0 Å². The van der Waals surface area contributed by atoms with Gasteiger partial charge in [-0.2, -0.15) is 0 Å². The lowest BCUT2D eigenvalue weighted by Crippen LogP contribution is -2.37. The maximum atomic E-state index is 12.2. The minimum atomic E-state index is 0.148. The molecule has 4 heteroatoms. The van der Waals surface area contributed by atoms with E-state index in [1.807, 2.05) is 30.7 Å². The van der Waals surface area contributed by atoms with Crippen molar-refractivity contribution < 1.29 is 4.79 Å². The number of rotatable bonds is 2. The molecule has 0 radical (unpaired) electrons. The highest BCUT2D eigenvalue weighted by atomic mass is 16.2. The second-order valence-corrected chi connectivity index (χ2v) is 5.32. The number of aryl methyl sites for hydroxylation is 2. The van der Waals surface area contributed by atoms with Gasteiger partial charge in [0.2, 0.25) is 5.91 Å². The summed E-state index contributed by atoms with van der Waals surface area (Å²) in [6.07, 6.45) is 3.37. The lowest BCUT2D eigenvalue weighted by molar-refractivity contribution is -0.121. The Hall–Kier alpha value is -1.29. The predicted octanol–water partition coefficient (Wildman–Crippen LogP) is 1.32. The van der Waals surface area contributed by atoms with Crippen LogP contribution < -0.4 is 10.7 Å². The summed E-state index contributed by atoms with van der Waals surface area (Å²) in [4.78, 5) is 12.2. The van der Waals surface area contributed by atoms with Gasteiger partial charge in [0.1, 0.15) is 0 Å². The molecule has 3 heterocycles. The minimum absolute atomic E-state index is 0.148. The van der Waals surface area contributed by atoms with Crippen molar-refractivity contribution in [1.29, 1.82) is 0 Å². The Labute approximate surface area is 101 Å². The molecule has 2 aliphatic rings. The molecule has 2 bridgehead atoms. The third kappa shape index (κ3) is 1.76. The number of amides is 1. The first-order chi connectivity index (χ1) is 8.15. The van der Waals surface area contributed by atoms with E-state index in [9.17, 15) is 4.79 Å². The molecular weight excluding hydrogens is 214 g/mol. The Morgan fingerprint density at radius 1 is 1.35 bits per heavy atom. The fraction of sp³-hybridized carbons (Fsp3) is 0.615. The smallest absolute Gasteiger partial charge is 0.243 e. The molecule has 0 saturated carbocycles. The zero-order valence-corrected chi connectivity index (χ0v) is 10.4. The fourth-order valence-electron chi connectivity index (χ4n) is 3.15. The zero-order valence-electron chi connectivity index (χ0n) is 10.4. The third-order valence-electron chi connectivity index (χ3n) is 4.13. The van der Waals surface area contributed by atoms with E-state index >= 15 is 0 Å². The summed E-state index contributed by atoms with van der Waals surface area (Å²) in [6.45, 7) is 4.01. The number of nitrogens with one attached hydrogen (secondary N) is 2. The molecular formula is C13H19N3O. The Morgan fingerprint density at radius 3 is 2.59 bits per heavy atom. The largest absolute Gasteiger partial charge is 0.310 e. The lowest BCUT2D eigenvalue weighted by atomic mass is 9.89. The quantitative estimate of drug-likeness (QED) is 0.809. The van der Waals surface area contributed by atoms with E-state index in [1.54, 1.807) is 0 Å². The van der Waals surface area contributed by atoms with Crippen molar-refractivity contribution in [3.8, 4) is 0 Å². The van der Waals surface area contributed by atoms with Crippen LogP contribution >= 0.6 is 0 Å². The number of carbonyl (C=O) groups excluding carboxylic acids is 1. The Kier molecular flexibility index (Phi) is 2.47. The number of fused-ring (bicyclic) bond motifs is 2. The number of carbonyl (C=O) groups is 1. The van der Waals surface area contributed by atoms with E-state index in [0.717, 1.165) is 24.2 Å². The zero-order chi connectivity index (χ0) is 12.0. The molecule has 2 N–H and O–H groups in total. The van der Waals surface area contributed by atoms with Gasteiger partial charge < -0.3 is 5.32 Å². The number of hydrogen-bond acceptors (Lipinski definition) is 2. The molecule has 1 aromatic rings. The number of hydrogen-bond donors (Lipinski definition) is 2. The van der Waals surface area contributed by atoms with E-state index in [2.05, 4.69) is 10.7 Å². The van der Waals surface area contributed by atoms with Crippen molar-refractivity contribution in [2.45, 2.75) is 45.2 Å². The summed E-state index contributed by atoms with van der Waals surface area (Å²) in [5.74, 6) is 0.307. The van der Waals surface area contributed by atoms with Crippen LogP contribution in [0.2, 0.25) is 0 Å². The molecule has 2 fully saturated rings. The lowest BCUT2D eigenvalue weighted by Gasteiger charge is -2.21. The molecule has 92 valence electrons. The summed E-state index contributed by atoms with van der Waals surface area (Å²) < 4.78 is 1.88. The second-order valence-electron chi connectivity index (χ2n) is 5.32. The summed E-state index contributed by atoms with van der Waals surface area (Å²) in [5, 5.41) is 3.50. The van der Waals surface area contributed by atoms with Crippen molar-refractivity contribution in [3.05, 3.63) is 23.5 Å². The summed E-state index contributed by atoms with van der Waals surface area (Å²) in [7, 11) is 0. The van der Waals surface area contributed by atoms with Gasteiger partial charge in [-0.15, -0.1) is 0 Å². The average Bonchev–Trinajstić information content (AvgIpc) is 2.99. The molecule has 1 aromatic heterocycles. The molecule has 3 atom stereocenters. The van der Waals surface area contributed by atoms with E-state index in [4.69, 9.17) is 0 Å². The Balaban J connectivity index is 1.72. The van der Waals surface area contributed by atoms with Gasteiger partial charge in [0.15, 0.2) is 0 Å². The molecule has 2 saturated heterocycles. The average molecular weight is 233 g/mol. The van der Waals surface area contributed by atoms with Crippen LogP contribution in [0.5, 0.6) is 0 Å². The maximum absolute atomic E-state index is 12.2. The molecule has 1 amide bonds. The van der Waals surface area contributed by atoms with E-state index in [-0.39, 0.29) is 11.8 Å². The van der Waals surface area contributed by atoms with E-state index in [1.165, 1.54) is 6.42 Å². The normalized spacial score (nSPS) is 30.8. The van der Waals surface area contributed by atoms with Gasteiger partial charge in [-0.05, 0) is 45.2 Å². The monoisotopic (exact) mass is 233 g/mol. The van der Waals surface area contributed by atoms with Gasteiger partial charge in [-0.1, -0.05) is 0 Å². The topological polar surface area (TPSA) is 46.1 Å². The Morgan fingerprint density at radius 2 is 2.06 bits per heavy atom. The molecule has 2 aliphatic heterocycles. The van der Waals surface area contributed by atoms with Gasteiger partial charge in [0, 0.05) is 23.5 Å². The highest BCUT2D eigenvalue weighted by Gasteiger charge is 2.42. The van der Waals surface area contributed by atoms with Crippen LogP contribution in [0.1, 0.15) is 30.7 Å². The van der Waals surface area contributed by atoms with Crippen LogP contribution in [-0.2, 0) is 4.79 Å². The Bertz CT molecular complexity index is 432. The summed E-state index contributed by atoms with van der Waals surface area (Å²) >= 11 is 0. The maximum Gasteiger partial charge on any atom is 0.243 e. The van der Waals surface area contributed by atoms with Crippen molar-refractivity contribution in [1.82, 2.24) is 9.99 Å². The number of aromatic nitrogens is 1. The van der Waals surface area contributed by atoms with Gasteiger partial charge in [0.05, 0.1) is 5.92 Å². The summed E-state index contributed by atoms with van der Waals surface area (Å²) in [6, 6.07) is 5.02. The highest BCUT2D eigenvalue weighted by molar-refractivity contribution is 5.87. The molecule has 17 heavy (non-hydrogen) atoms. The van der Waals surface area contributed by atoms with Crippen LogP contribution in [0.4, 0.5) is 0 Å². The predicted molar refractivity (Wildman–Crippen MR) is 66.3 cm³/mol. The van der Waals surface area contributed by atoms with Gasteiger partial charge >= 0.3 is 0 Å². The van der Waals surface area contributed by atoms with Crippen molar-refractivity contribution in [3.63, 3.8) is 0 Å². The molecule has 0 spiro atoms. The third-order valence-corrected chi connectivity index (χ3v) is 4.13. The fourth-order valence-corrected chi connectivity index (χ4v) is 3.15. The minimum Gasteiger partial charge on any atom is -0.310 e. The second kappa shape index (κ2) is 3.88. The molecule has 3 rings (SSSR count). The first-order valence-electron chi connectivity index (χ1n) is 6.37. The first-order valence-corrected chi connectivity index (χ1v) is 6.37. The van der Waals surface area contributed by atoms with Crippen LogP contribution in [-0.4, -0.2) is 22.7 Å². The van der Waals surface area contributed by atoms with Gasteiger partial charge in [-0.25, -0.2) is 0 Å².